The Morgan fingerprint density at radius 2 is 1.77 bits per heavy atom. The summed E-state index contributed by atoms with van der Waals surface area (Å²) in [5.74, 6) is 0.619. The lowest BCUT2D eigenvalue weighted by atomic mass is 10.1. The van der Waals surface area contributed by atoms with Gasteiger partial charge in [0.15, 0.2) is 10.2 Å². The zero-order chi connectivity index (χ0) is 21.9. The molecular formula is C24H27N3O2S2. The van der Waals surface area contributed by atoms with Crippen LogP contribution in [0, 0.1) is 0 Å². The molecule has 0 saturated carbocycles. The first kappa shape index (κ1) is 22.9. The van der Waals surface area contributed by atoms with Gasteiger partial charge in [0.25, 0.3) is 5.91 Å². The van der Waals surface area contributed by atoms with E-state index in [4.69, 9.17) is 17.0 Å². The zero-order valence-electron chi connectivity index (χ0n) is 17.6. The molecule has 3 rings (SSSR count). The number of unbranched alkanes of at least 4 members (excludes halogenated alkanes) is 4. The minimum Gasteiger partial charge on any atom is -0.494 e. The van der Waals surface area contributed by atoms with E-state index in [0.717, 1.165) is 30.0 Å². The molecule has 0 fully saturated rings. The van der Waals surface area contributed by atoms with E-state index < -0.39 is 0 Å². The highest BCUT2D eigenvalue weighted by Gasteiger charge is 2.10. The fourth-order valence-electron chi connectivity index (χ4n) is 2.97. The molecule has 0 aliphatic heterocycles. The molecule has 2 N–H and O–H groups in total. The summed E-state index contributed by atoms with van der Waals surface area (Å²) >= 11 is 6.67. The van der Waals surface area contributed by atoms with E-state index in [9.17, 15) is 4.79 Å². The van der Waals surface area contributed by atoms with Crippen molar-refractivity contribution in [1.82, 2.24) is 10.3 Å². The van der Waals surface area contributed by atoms with Gasteiger partial charge in [-0.15, -0.1) is 11.3 Å². The Hall–Kier alpha value is -2.77. The fourth-order valence-corrected chi connectivity index (χ4v) is 3.95. The number of carbonyl (C=O) groups excluding carboxylic acids is 1. The Morgan fingerprint density at radius 3 is 2.52 bits per heavy atom. The molecule has 2 aromatic carbocycles. The topological polar surface area (TPSA) is 63.2 Å². The van der Waals surface area contributed by atoms with Crippen molar-refractivity contribution in [2.45, 2.75) is 39.0 Å². The number of rotatable bonds is 10. The third-order valence-electron chi connectivity index (χ3n) is 4.65. The number of hydrogen-bond acceptors (Lipinski definition) is 5. The highest BCUT2D eigenvalue weighted by Crippen LogP contribution is 2.26. The van der Waals surface area contributed by atoms with Crippen LogP contribution in [0.2, 0.25) is 0 Å². The monoisotopic (exact) mass is 453 g/mol. The summed E-state index contributed by atoms with van der Waals surface area (Å²) in [6.07, 6.45) is 6.13. The first-order valence-corrected chi connectivity index (χ1v) is 11.8. The predicted molar refractivity (Wildman–Crippen MR) is 132 cm³/mol. The molecule has 7 heteroatoms. The van der Waals surface area contributed by atoms with E-state index >= 15 is 0 Å². The molecule has 0 radical (unpaired) electrons. The number of thiocarbonyl (C=S) groups is 1. The van der Waals surface area contributed by atoms with Crippen LogP contribution in [0.5, 0.6) is 5.75 Å². The van der Waals surface area contributed by atoms with Crippen molar-refractivity contribution >= 4 is 39.7 Å². The van der Waals surface area contributed by atoms with Crippen molar-refractivity contribution < 1.29 is 9.53 Å². The van der Waals surface area contributed by atoms with Gasteiger partial charge >= 0.3 is 0 Å². The molecule has 0 aliphatic rings. The molecule has 0 unspecified atom stereocenters. The third kappa shape index (κ3) is 7.45. The Bertz CT molecular complexity index is 972. The molecule has 1 heterocycles. The van der Waals surface area contributed by atoms with Gasteiger partial charge in [-0.3, -0.25) is 10.1 Å². The van der Waals surface area contributed by atoms with E-state index in [1.165, 1.54) is 37.0 Å². The molecular weight excluding hydrogens is 426 g/mol. The van der Waals surface area contributed by atoms with E-state index in [2.05, 4.69) is 22.5 Å². The number of aromatic nitrogens is 1. The second-order valence-corrected chi connectivity index (χ2v) is 8.37. The number of hydrogen-bond donors (Lipinski definition) is 2. The molecule has 1 amide bonds. The summed E-state index contributed by atoms with van der Waals surface area (Å²) in [4.78, 5) is 16.7. The maximum Gasteiger partial charge on any atom is 0.257 e. The number of benzene rings is 2. The average Bonchev–Trinajstić information content (AvgIpc) is 3.25. The van der Waals surface area contributed by atoms with E-state index in [-0.39, 0.29) is 11.0 Å². The zero-order valence-corrected chi connectivity index (χ0v) is 19.2. The standard InChI is InChI=1S/C24H27N3O2S2/c1-2-3-4-5-9-16-29-20-14-12-18(13-15-20)21-17-31-24(25-21)27-23(30)26-22(28)19-10-7-6-8-11-19/h6-8,10-15,17H,2-5,9,16H2,1H3,(H2,25,26,27,28,30). The van der Waals surface area contributed by atoms with Gasteiger partial charge in [0.1, 0.15) is 5.75 Å². The average molecular weight is 454 g/mol. The number of amides is 1. The van der Waals surface area contributed by atoms with Gasteiger partial charge in [-0.2, -0.15) is 0 Å². The van der Waals surface area contributed by atoms with Gasteiger partial charge in [0.05, 0.1) is 12.3 Å². The van der Waals surface area contributed by atoms with Gasteiger partial charge in [-0.1, -0.05) is 50.8 Å². The lowest BCUT2D eigenvalue weighted by Gasteiger charge is -2.07. The van der Waals surface area contributed by atoms with Gasteiger partial charge in [-0.05, 0) is 55.0 Å². The highest BCUT2D eigenvalue weighted by molar-refractivity contribution is 7.80. The quantitative estimate of drug-likeness (QED) is 0.279. The third-order valence-corrected chi connectivity index (χ3v) is 5.62. The van der Waals surface area contributed by atoms with Crippen molar-refractivity contribution in [3.63, 3.8) is 0 Å². The molecule has 5 nitrogen and oxygen atoms in total. The van der Waals surface area contributed by atoms with Crippen LogP contribution in [0.15, 0.2) is 60.0 Å². The van der Waals surface area contributed by atoms with Crippen LogP contribution in [0.4, 0.5) is 5.13 Å². The number of ether oxygens (including phenoxy) is 1. The summed E-state index contributed by atoms with van der Waals surface area (Å²) in [7, 11) is 0. The largest absolute Gasteiger partial charge is 0.494 e. The molecule has 0 aliphatic carbocycles. The summed E-state index contributed by atoms with van der Waals surface area (Å²) in [6, 6.07) is 16.9. The molecule has 0 atom stereocenters. The van der Waals surface area contributed by atoms with Crippen LogP contribution in [-0.2, 0) is 0 Å². The maximum absolute atomic E-state index is 12.2. The van der Waals surface area contributed by atoms with Crippen molar-refractivity contribution in [3.8, 4) is 17.0 Å². The smallest absolute Gasteiger partial charge is 0.257 e. The van der Waals surface area contributed by atoms with Crippen LogP contribution in [-0.4, -0.2) is 22.6 Å². The van der Waals surface area contributed by atoms with Crippen molar-refractivity contribution in [3.05, 3.63) is 65.5 Å². The van der Waals surface area contributed by atoms with Crippen molar-refractivity contribution in [1.29, 1.82) is 0 Å². The number of carbonyl (C=O) groups is 1. The number of anilines is 1. The Kier molecular flexibility index (Phi) is 8.99. The minimum atomic E-state index is -0.254. The second-order valence-electron chi connectivity index (χ2n) is 7.10. The molecule has 3 aromatic rings. The van der Waals surface area contributed by atoms with E-state index in [1.54, 1.807) is 12.1 Å². The molecule has 1 aromatic heterocycles. The summed E-state index contributed by atoms with van der Waals surface area (Å²) in [5.41, 5.74) is 2.39. The number of nitrogens with one attached hydrogen (secondary N) is 2. The van der Waals surface area contributed by atoms with Gasteiger partial charge in [-0.25, -0.2) is 4.98 Å². The van der Waals surface area contributed by atoms with Crippen LogP contribution in [0.1, 0.15) is 49.4 Å². The summed E-state index contributed by atoms with van der Waals surface area (Å²) < 4.78 is 5.82. The molecule has 0 saturated heterocycles. The van der Waals surface area contributed by atoms with Crippen LogP contribution >= 0.6 is 23.6 Å². The Balaban J connectivity index is 1.47. The number of nitrogens with zero attached hydrogens (tertiary/aromatic N) is 1. The first-order valence-electron chi connectivity index (χ1n) is 10.5. The van der Waals surface area contributed by atoms with Crippen LogP contribution < -0.4 is 15.4 Å². The van der Waals surface area contributed by atoms with Gasteiger partial charge < -0.3 is 10.1 Å². The normalized spacial score (nSPS) is 10.5. The van der Waals surface area contributed by atoms with Crippen molar-refractivity contribution in [2.75, 3.05) is 11.9 Å². The maximum atomic E-state index is 12.2. The highest BCUT2D eigenvalue weighted by atomic mass is 32.1. The van der Waals surface area contributed by atoms with Crippen molar-refractivity contribution in [2.24, 2.45) is 0 Å². The van der Waals surface area contributed by atoms with Crippen LogP contribution in [0.25, 0.3) is 11.3 Å². The fraction of sp³-hybridized carbons (Fsp3) is 0.292. The lowest BCUT2D eigenvalue weighted by Crippen LogP contribution is -2.34. The molecule has 0 spiro atoms. The summed E-state index contributed by atoms with van der Waals surface area (Å²) in [5, 5.41) is 8.44. The number of thiazole rings is 1. The van der Waals surface area contributed by atoms with E-state index in [1.807, 2.05) is 47.8 Å². The van der Waals surface area contributed by atoms with E-state index in [0.29, 0.717) is 10.7 Å². The molecule has 31 heavy (non-hydrogen) atoms. The van der Waals surface area contributed by atoms with Gasteiger partial charge in [0.2, 0.25) is 0 Å². The SMILES string of the molecule is CCCCCCCOc1ccc(-c2csc(NC(=S)NC(=O)c3ccccc3)n2)cc1. The van der Waals surface area contributed by atoms with Gasteiger partial charge in [0, 0.05) is 16.5 Å². The molecule has 0 bridgehead atoms. The summed E-state index contributed by atoms with van der Waals surface area (Å²) in [6.45, 7) is 2.97. The lowest BCUT2D eigenvalue weighted by molar-refractivity contribution is 0.0977. The van der Waals surface area contributed by atoms with Crippen LogP contribution in [0.3, 0.4) is 0 Å². The first-order chi connectivity index (χ1) is 15.2. The predicted octanol–water partition coefficient (Wildman–Crippen LogP) is 6.29. The molecule has 162 valence electrons. The second kappa shape index (κ2) is 12.2. The minimum absolute atomic E-state index is 0.220. The Morgan fingerprint density at radius 1 is 1.03 bits per heavy atom. The Labute approximate surface area is 192 Å².